The summed E-state index contributed by atoms with van der Waals surface area (Å²) in [5.41, 5.74) is 2.64. The van der Waals surface area contributed by atoms with Crippen LogP contribution in [0.2, 0.25) is 0 Å². The van der Waals surface area contributed by atoms with Crippen LogP contribution in [0.15, 0.2) is 66.7 Å². The second-order valence-electron chi connectivity index (χ2n) is 7.52. The molecule has 4 heteroatoms. The number of aliphatic hydroxyl groups is 1. The highest BCUT2D eigenvalue weighted by atomic mass is 16.5. The first-order valence-electron chi connectivity index (χ1n) is 10.0. The third kappa shape index (κ3) is 4.29. The highest BCUT2D eigenvalue weighted by molar-refractivity contribution is 5.88. The van der Waals surface area contributed by atoms with E-state index in [1.807, 2.05) is 24.3 Å². The summed E-state index contributed by atoms with van der Waals surface area (Å²) in [6, 6.07) is 22.8. The van der Waals surface area contributed by atoms with E-state index in [4.69, 9.17) is 4.74 Å². The molecule has 28 heavy (non-hydrogen) atoms. The molecule has 3 aromatic rings. The molecule has 0 aliphatic carbocycles. The molecule has 0 spiro atoms. The number of piperazine rings is 1. The van der Waals surface area contributed by atoms with E-state index >= 15 is 0 Å². The van der Waals surface area contributed by atoms with Crippen LogP contribution >= 0.6 is 0 Å². The van der Waals surface area contributed by atoms with Crippen LogP contribution in [0.5, 0.6) is 5.75 Å². The van der Waals surface area contributed by atoms with Crippen LogP contribution in [-0.4, -0.2) is 55.4 Å². The summed E-state index contributed by atoms with van der Waals surface area (Å²) in [4.78, 5) is 4.76. The minimum Gasteiger partial charge on any atom is -0.490 e. The number of fused-ring (bicyclic) bond motifs is 1. The molecule has 0 aromatic heterocycles. The maximum Gasteiger partial charge on any atom is 0.127 e. The molecule has 4 rings (SSSR count). The topological polar surface area (TPSA) is 35.9 Å². The largest absolute Gasteiger partial charge is 0.490 e. The SMILES string of the molecule is Cc1ccccc1N1CCN(C[C@@H](O)COc2cccc3ccccc23)CC1. The Labute approximate surface area is 167 Å². The van der Waals surface area contributed by atoms with Crippen molar-refractivity contribution in [2.24, 2.45) is 0 Å². The van der Waals surface area contributed by atoms with Crippen LogP contribution in [0.4, 0.5) is 5.69 Å². The third-order valence-corrected chi connectivity index (χ3v) is 5.48. The van der Waals surface area contributed by atoms with Crippen molar-refractivity contribution in [3.05, 3.63) is 72.3 Å². The van der Waals surface area contributed by atoms with Gasteiger partial charge < -0.3 is 14.7 Å². The molecule has 1 atom stereocenters. The summed E-state index contributed by atoms with van der Waals surface area (Å²) in [6.07, 6.45) is -0.496. The average molecular weight is 377 g/mol. The first kappa shape index (κ1) is 18.8. The Hall–Kier alpha value is -2.56. The highest BCUT2D eigenvalue weighted by Crippen LogP contribution is 2.25. The molecule has 0 saturated carbocycles. The zero-order valence-electron chi connectivity index (χ0n) is 16.4. The second-order valence-corrected chi connectivity index (χ2v) is 7.52. The zero-order chi connectivity index (χ0) is 19.3. The van der Waals surface area contributed by atoms with Gasteiger partial charge in [0.05, 0.1) is 0 Å². The molecule has 1 saturated heterocycles. The van der Waals surface area contributed by atoms with Gasteiger partial charge in [-0.1, -0.05) is 54.6 Å². The molecule has 0 amide bonds. The molecular formula is C24H28N2O2. The number of anilines is 1. The summed E-state index contributed by atoms with van der Waals surface area (Å²) in [5, 5.41) is 12.7. The highest BCUT2D eigenvalue weighted by Gasteiger charge is 2.20. The van der Waals surface area contributed by atoms with E-state index in [1.54, 1.807) is 0 Å². The Kier molecular flexibility index (Phi) is 5.79. The van der Waals surface area contributed by atoms with E-state index in [1.165, 1.54) is 11.3 Å². The van der Waals surface area contributed by atoms with Crippen molar-refractivity contribution in [1.29, 1.82) is 0 Å². The average Bonchev–Trinajstić information content (AvgIpc) is 2.73. The Bertz CT molecular complexity index is 914. The van der Waals surface area contributed by atoms with Crippen molar-refractivity contribution in [2.75, 3.05) is 44.2 Å². The lowest BCUT2D eigenvalue weighted by Crippen LogP contribution is -2.49. The lowest BCUT2D eigenvalue weighted by molar-refractivity contribution is 0.0668. The third-order valence-electron chi connectivity index (χ3n) is 5.48. The molecule has 0 bridgehead atoms. The Morgan fingerprint density at radius 3 is 2.43 bits per heavy atom. The van der Waals surface area contributed by atoms with Gasteiger partial charge in [0, 0.05) is 43.8 Å². The van der Waals surface area contributed by atoms with Crippen LogP contribution in [0.3, 0.4) is 0 Å². The van der Waals surface area contributed by atoms with E-state index in [2.05, 4.69) is 59.2 Å². The van der Waals surface area contributed by atoms with Gasteiger partial charge in [-0.3, -0.25) is 4.90 Å². The van der Waals surface area contributed by atoms with E-state index in [0.29, 0.717) is 13.2 Å². The number of nitrogens with zero attached hydrogens (tertiary/aromatic N) is 2. The van der Waals surface area contributed by atoms with Gasteiger partial charge in [0.2, 0.25) is 0 Å². The van der Waals surface area contributed by atoms with Crippen molar-refractivity contribution in [1.82, 2.24) is 4.90 Å². The number of hydrogen-bond acceptors (Lipinski definition) is 4. The predicted octanol–water partition coefficient (Wildman–Crippen LogP) is 3.71. The first-order valence-corrected chi connectivity index (χ1v) is 10.0. The number of β-amino-alcohol motifs (C(OH)–C–C–N with tert-alkyl or cyclic N) is 1. The molecule has 0 unspecified atom stereocenters. The van der Waals surface area contributed by atoms with Crippen molar-refractivity contribution in [2.45, 2.75) is 13.0 Å². The summed E-state index contributed by atoms with van der Waals surface area (Å²) in [6.45, 7) is 7.01. The fraction of sp³-hybridized carbons (Fsp3) is 0.333. The van der Waals surface area contributed by atoms with Gasteiger partial charge in [-0.2, -0.15) is 0 Å². The molecule has 1 fully saturated rings. The van der Waals surface area contributed by atoms with Gasteiger partial charge in [-0.15, -0.1) is 0 Å². The standard InChI is InChI=1S/C24H28N2O2/c1-19-7-2-5-11-23(19)26-15-13-25(14-16-26)17-21(27)18-28-24-12-6-9-20-8-3-4-10-22(20)24/h2-12,21,27H,13-18H2,1H3/t21-/m1/s1. The normalized spacial score (nSPS) is 16.3. The quantitative estimate of drug-likeness (QED) is 0.711. The summed E-state index contributed by atoms with van der Waals surface area (Å²) >= 11 is 0. The van der Waals surface area contributed by atoms with E-state index in [0.717, 1.165) is 42.7 Å². The molecule has 1 aliphatic rings. The first-order chi connectivity index (χ1) is 13.7. The molecule has 3 aromatic carbocycles. The van der Waals surface area contributed by atoms with Crippen LogP contribution in [-0.2, 0) is 0 Å². The van der Waals surface area contributed by atoms with Gasteiger partial charge in [0.15, 0.2) is 0 Å². The monoisotopic (exact) mass is 376 g/mol. The van der Waals surface area contributed by atoms with Crippen LogP contribution < -0.4 is 9.64 Å². The molecule has 146 valence electrons. The fourth-order valence-electron chi connectivity index (χ4n) is 3.95. The fourth-order valence-corrected chi connectivity index (χ4v) is 3.95. The summed E-state index contributed by atoms with van der Waals surface area (Å²) in [5.74, 6) is 0.835. The van der Waals surface area contributed by atoms with Gasteiger partial charge >= 0.3 is 0 Å². The van der Waals surface area contributed by atoms with E-state index < -0.39 is 6.10 Å². The van der Waals surface area contributed by atoms with Crippen LogP contribution in [0.1, 0.15) is 5.56 Å². The number of aryl methyl sites for hydroxylation is 1. The number of benzene rings is 3. The van der Waals surface area contributed by atoms with Gasteiger partial charge in [0.1, 0.15) is 18.5 Å². The van der Waals surface area contributed by atoms with Crippen molar-refractivity contribution in [3.8, 4) is 5.75 Å². The number of hydrogen-bond donors (Lipinski definition) is 1. The minimum absolute atomic E-state index is 0.312. The summed E-state index contributed by atoms with van der Waals surface area (Å²) in [7, 11) is 0. The number of para-hydroxylation sites is 1. The lowest BCUT2D eigenvalue weighted by Gasteiger charge is -2.37. The Morgan fingerprint density at radius 1 is 0.893 bits per heavy atom. The second kappa shape index (κ2) is 8.63. The van der Waals surface area contributed by atoms with E-state index in [-0.39, 0.29) is 0 Å². The van der Waals surface area contributed by atoms with E-state index in [9.17, 15) is 5.11 Å². The molecule has 0 radical (unpaired) electrons. The molecule has 4 nitrogen and oxygen atoms in total. The maximum atomic E-state index is 10.5. The van der Waals surface area contributed by atoms with Gasteiger partial charge in [-0.25, -0.2) is 0 Å². The smallest absolute Gasteiger partial charge is 0.127 e. The van der Waals surface area contributed by atoms with Crippen LogP contribution in [0.25, 0.3) is 10.8 Å². The summed E-state index contributed by atoms with van der Waals surface area (Å²) < 4.78 is 5.94. The Morgan fingerprint density at radius 2 is 1.61 bits per heavy atom. The number of ether oxygens (including phenoxy) is 1. The molecule has 1 aliphatic heterocycles. The molecule has 1 N–H and O–H groups in total. The minimum atomic E-state index is -0.496. The maximum absolute atomic E-state index is 10.5. The molecule has 1 heterocycles. The zero-order valence-corrected chi connectivity index (χ0v) is 16.4. The lowest BCUT2D eigenvalue weighted by atomic mass is 10.1. The number of aliphatic hydroxyl groups excluding tert-OH is 1. The predicted molar refractivity (Wildman–Crippen MR) is 115 cm³/mol. The Balaban J connectivity index is 1.28. The van der Waals surface area contributed by atoms with Gasteiger partial charge in [-0.05, 0) is 30.0 Å². The van der Waals surface area contributed by atoms with Crippen molar-refractivity contribution < 1.29 is 9.84 Å². The van der Waals surface area contributed by atoms with Crippen LogP contribution in [0, 0.1) is 6.92 Å². The van der Waals surface area contributed by atoms with Gasteiger partial charge in [0.25, 0.3) is 0 Å². The molecular weight excluding hydrogens is 348 g/mol. The van der Waals surface area contributed by atoms with Crippen molar-refractivity contribution >= 4 is 16.5 Å². The number of rotatable bonds is 6. The van der Waals surface area contributed by atoms with Crippen molar-refractivity contribution in [3.63, 3.8) is 0 Å².